The molecule has 0 saturated carbocycles. The second-order valence-electron chi connectivity index (χ2n) is 4.75. The van der Waals surface area contributed by atoms with E-state index in [0.29, 0.717) is 17.4 Å². The Balaban J connectivity index is 2.30. The van der Waals surface area contributed by atoms with Crippen molar-refractivity contribution in [2.45, 2.75) is 33.7 Å². The smallest absolute Gasteiger partial charge is 0.130 e. The maximum atomic E-state index is 8.75. The fourth-order valence-electron chi connectivity index (χ4n) is 2.01. The molecule has 0 radical (unpaired) electrons. The molecule has 2 aromatic heterocycles. The molecule has 5 nitrogen and oxygen atoms in total. The number of pyridine rings is 1. The van der Waals surface area contributed by atoms with E-state index in [4.69, 9.17) is 5.26 Å². The summed E-state index contributed by atoms with van der Waals surface area (Å²) in [4.78, 5) is 4.21. The number of hydrogen-bond acceptors (Lipinski definition) is 4. The zero-order valence-corrected chi connectivity index (χ0v) is 11.6. The van der Waals surface area contributed by atoms with Crippen molar-refractivity contribution in [2.24, 2.45) is 0 Å². The third-order valence-electron chi connectivity index (χ3n) is 2.96. The van der Waals surface area contributed by atoms with E-state index in [0.717, 1.165) is 17.1 Å². The van der Waals surface area contributed by atoms with Gasteiger partial charge in [0, 0.05) is 12.2 Å². The predicted octanol–water partition coefficient (Wildman–Crippen LogP) is 3.09. The second-order valence-corrected chi connectivity index (χ2v) is 4.75. The molecule has 19 heavy (non-hydrogen) atoms. The van der Waals surface area contributed by atoms with Gasteiger partial charge in [-0.05, 0) is 39.8 Å². The van der Waals surface area contributed by atoms with Gasteiger partial charge >= 0.3 is 0 Å². The van der Waals surface area contributed by atoms with Gasteiger partial charge in [0.2, 0.25) is 0 Å². The van der Waals surface area contributed by atoms with E-state index in [1.807, 2.05) is 18.5 Å². The first-order valence-corrected chi connectivity index (χ1v) is 6.21. The molecule has 2 heterocycles. The van der Waals surface area contributed by atoms with Gasteiger partial charge in [-0.25, -0.2) is 4.98 Å². The van der Waals surface area contributed by atoms with Gasteiger partial charge in [-0.3, -0.25) is 4.68 Å². The summed E-state index contributed by atoms with van der Waals surface area (Å²) in [5.74, 6) is 0.716. The Hall–Kier alpha value is -2.35. The van der Waals surface area contributed by atoms with Gasteiger partial charge in [0.1, 0.15) is 11.9 Å². The summed E-state index contributed by atoms with van der Waals surface area (Å²) in [5, 5.41) is 16.5. The zero-order chi connectivity index (χ0) is 14.0. The first kappa shape index (κ1) is 13.1. The molecule has 0 unspecified atom stereocenters. The summed E-state index contributed by atoms with van der Waals surface area (Å²) in [6, 6.07) is 5.91. The third-order valence-corrected chi connectivity index (χ3v) is 2.96. The monoisotopic (exact) mass is 255 g/mol. The summed E-state index contributed by atoms with van der Waals surface area (Å²) in [7, 11) is 0. The molecule has 5 heteroatoms. The number of aryl methyl sites for hydroxylation is 1. The molecule has 0 fully saturated rings. The number of nitriles is 1. The van der Waals surface area contributed by atoms with Crippen LogP contribution in [-0.2, 0) is 0 Å². The molecule has 0 aliphatic rings. The molecule has 0 bridgehead atoms. The number of nitrogens with one attached hydrogen (secondary N) is 1. The molecule has 0 spiro atoms. The van der Waals surface area contributed by atoms with E-state index in [2.05, 4.69) is 35.3 Å². The van der Waals surface area contributed by atoms with Crippen LogP contribution in [0.15, 0.2) is 18.3 Å². The fourth-order valence-corrected chi connectivity index (χ4v) is 2.01. The van der Waals surface area contributed by atoms with Crippen molar-refractivity contribution in [1.82, 2.24) is 14.8 Å². The molecule has 0 saturated heterocycles. The van der Waals surface area contributed by atoms with Gasteiger partial charge in [0.05, 0.1) is 22.6 Å². The molecule has 0 atom stereocenters. The maximum Gasteiger partial charge on any atom is 0.130 e. The first-order chi connectivity index (χ1) is 9.02. The third kappa shape index (κ3) is 2.58. The van der Waals surface area contributed by atoms with E-state index in [1.165, 1.54) is 0 Å². The summed E-state index contributed by atoms with van der Waals surface area (Å²) in [6.45, 7) is 8.20. The Bertz CT molecular complexity index is 617. The molecule has 0 amide bonds. The number of nitrogens with zero attached hydrogens (tertiary/aromatic N) is 4. The van der Waals surface area contributed by atoms with Crippen LogP contribution in [0.1, 0.15) is 36.8 Å². The van der Waals surface area contributed by atoms with Gasteiger partial charge in [0.25, 0.3) is 0 Å². The van der Waals surface area contributed by atoms with Crippen molar-refractivity contribution < 1.29 is 0 Å². The molecule has 0 aliphatic carbocycles. The highest BCUT2D eigenvalue weighted by atomic mass is 15.3. The van der Waals surface area contributed by atoms with Crippen LogP contribution in [0, 0.1) is 25.2 Å². The van der Waals surface area contributed by atoms with E-state index < -0.39 is 0 Å². The van der Waals surface area contributed by atoms with Crippen molar-refractivity contribution in [3.63, 3.8) is 0 Å². The molecule has 2 rings (SSSR count). The predicted molar refractivity (Wildman–Crippen MR) is 74.3 cm³/mol. The number of anilines is 2. The highest BCUT2D eigenvalue weighted by molar-refractivity contribution is 5.61. The average Bonchev–Trinajstić information content (AvgIpc) is 2.68. The van der Waals surface area contributed by atoms with Crippen LogP contribution in [0.25, 0.3) is 0 Å². The van der Waals surface area contributed by atoms with Crippen LogP contribution < -0.4 is 5.32 Å². The van der Waals surface area contributed by atoms with Crippen molar-refractivity contribution >= 4 is 11.5 Å². The summed E-state index contributed by atoms with van der Waals surface area (Å²) < 4.78 is 1.99. The van der Waals surface area contributed by atoms with E-state index in [1.54, 1.807) is 18.3 Å². The summed E-state index contributed by atoms with van der Waals surface area (Å²) in [5.41, 5.74) is 3.55. The lowest BCUT2D eigenvalue weighted by Gasteiger charge is -2.09. The van der Waals surface area contributed by atoms with Crippen LogP contribution in [0.4, 0.5) is 11.5 Å². The van der Waals surface area contributed by atoms with Crippen LogP contribution in [0.3, 0.4) is 0 Å². The normalized spacial score (nSPS) is 10.5. The van der Waals surface area contributed by atoms with E-state index in [9.17, 15) is 0 Å². The Morgan fingerprint density at radius 3 is 2.53 bits per heavy atom. The maximum absolute atomic E-state index is 8.75. The zero-order valence-electron chi connectivity index (χ0n) is 11.6. The molecular formula is C14H17N5. The van der Waals surface area contributed by atoms with Gasteiger partial charge in [-0.15, -0.1) is 0 Å². The lowest BCUT2D eigenvalue weighted by Crippen LogP contribution is -2.05. The van der Waals surface area contributed by atoms with Gasteiger partial charge in [0.15, 0.2) is 0 Å². The van der Waals surface area contributed by atoms with Crippen molar-refractivity contribution in [2.75, 3.05) is 5.32 Å². The summed E-state index contributed by atoms with van der Waals surface area (Å²) >= 11 is 0. The van der Waals surface area contributed by atoms with E-state index >= 15 is 0 Å². The first-order valence-electron chi connectivity index (χ1n) is 6.21. The van der Waals surface area contributed by atoms with Crippen LogP contribution in [-0.4, -0.2) is 14.8 Å². The Morgan fingerprint density at radius 2 is 2.05 bits per heavy atom. The topological polar surface area (TPSA) is 66.5 Å². The second kappa shape index (κ2) is 5.11. The van der Waals surface area contributed by atoms with E-state index in [-0.39, 0.29) is 0 Å². The Kier molecular flexibility index (Phi) is 3.52. The average molecular weight is 255 g/mol. The van der Waals surface area contributed by atoms with Gasteiger partial charge < -0.3 is 5.32 Å². The molecule has 0 aliphatic heterocycles. The van der Waals surface area contributed by atoms with Crippen molar-refractivity contribution in [1.29, 1.82) is 5.26 Å². The van der Waals surface area contributed by atoms with Crippen molar-refractivity contribution in [3.8, 4) is 6.07 Å². The number of rotatable bonds is 3. The van der Waals surface area contributed by atoms with Crippen molar-refractivity contribution in [3.05, 3.63) is 35.3 Å². The quantitative estimate of drug-likeness (QED) is 0.915. The Labute approximate surface area is 112 Å². The van der Waals surface area contributed by atoms with Crippen LogP contribution >= 0.6 is 0 Å². The van der Waals surface area contributed by atoms with Crippen LogP contribution in [0.5, 0.6) is 0 Å². The molecule has 1 N–H and O–H groups in total. The number of hydrogen-bond donors (Lipinski definition) is 1. The molecule has 2 aromatic rings. The highest BCUT2D eigenvalue weighted by Crippen LogP contribution is 2.25. The lowest BCUT2D eigenvalue weighted by molar-refractivity contribution is 0.516. The standard InChI is InChI=1S/C14H17N5/c1-9(2)19-11(4)14(10(3)18-19)17-13-6-5-12(7-15)8-16-13/h5-6,8-9H,1-4H3,(H,16,17). The Morgan fingerprint density at radius 1 is 1.32 bits per heavy atom. The molecule has 0 aromatic carbocycles. The SMILES string of the molecule is Cc1nn(C(C)C)c(C)c1Nc1ccc(C#N)cn1. The minimum absolute atomic E-state index is 0.322. The minimum atomic E-state index is 0.322. The van der Waals surface area contributed by atoms with Gasteiger partial charge in [-0.2, -0.15) is 10.4 Å². The summed E-state index contributed by atoms with van der Waals surface area (Å²) in [6.07, 6.45) is 1.56. The van der Waals surface area contributed by atoms with Crippen LogP contribution in [0.2, 0.25) is 0 Å². The lowest BCUT2D eigenvalue weighted by atomic mass is 10.2. The highest BCUT2D eigenvalue weighted by Gasteiger charge is 2.13. The molecular weight excluding hydrogens is 238 g/mol. The minimum Gasteiger partial charge on any atom is -0.337 e. The fraction of sp³-hybridized carbons (Fsp3) is 0.357. The largest absolute Gasteiger partial charge is 0.337 e. The molecule has 98 valence electrons. The number of aromatic nitrogens is 3. The van der Waals surface area contributed by atoms with Gasteiger partial charge in [-0.1, -0.05) is 0 Å².